The van der Waals surface area contributed by atoms with Gasteiger partial charge >= 0.3 is 12.2 Å². The Balaban J connectivity index is 2.01. The SMILES string of the molecule is C[C@H](O)CN(C)C(=O)Nc1ncc(Oc2cccc(C(F)(F)F)c2)s1. The fourth-order valence-corrected chi connectivity index (χ4v) is 2.56. The van der Waals surface area contributed by atoms with Crippen molar-refractivity contribution in [2.75, 3.05) is 18.9 Å². The minimum atomic E-state index is -4.46. The number of aliphatic hydroxyl groups is 1. The van der Waals surface area contributed by atoms with Gasteiger partial charge in [-0.15, -0.1) is 0 Å². The number of ether oxygens (including phenoxy) is 1. The molecular formula is C15H16F3N3O3S. The van der Waals surface area contributed by atoms with Gasteiger partial charge in [0.25, 0.3) is 0 Å². The van der Waals surface area contributed by atoms with Gasteiger partial charge in [0.2, 0.25) is 5.06 Å². The molecule has 0 bridgehead atoms. The van der Waals surface area contributed by atoms with E-state index in [0.717, 1.165) is 23.5 Å². The minimum Gasteiger partial charge on any atom is -0.445 e. The van der Waals surface area contributed by atoms with Crippen molar-refractivity contribution < 1.29 is 27.8 Å². The van der Waals surface area contributed by atoms with E-state index in [4.69, 9.17) is 4.74 Å². The first kappa shape index (κ1) is 19.0. The lowest BCUT2D eigenvalue weighted by Crippen LogP contribution is -2.36. The monoisotopic (exact) mass is 375 g/mol. The Bertz CT molecular complexity index is 734. The standard InChI is InChI=1S/C15H16F3N3O3S/c1-9(22)8-21(2)14(23)20-13-19-7-12(25-13)24-11-5-3-4-10(6-11)15(16,17)18/h3-7,9,22H,8H2,1-2H3,(H,19,20,23)/t9-/m0/s1. The van der Waals surface area contributed by atoms with Crippen LogP contribution < -0.4 is 10.1 Å². The maximum atomic E-state index is 12.7. The maximum absolute atomic E-state index is 12.7. The van der Waals surface area contributed by atoms with Crippen molar-refractivity contribution in [2.45, 2.75) is 19.2 Å². The number of rotatable bonds is 5. The van der Waals surface area contributed by atoms with Gasteiger partial charge in [-0.05, 0) is 25.1 Å². The number of aromatic nitrogens is 1. The molecule has 0 saturated heterocycles. The summed E-state index contributed by atoms with van der Waals surface area (Å²) in [7, 11) is 1.51. The Kier molecular flexibility index (Phi) is 5.85. The molecule has 0 aliphatic rings. The zero-order valence-electron chi connectivity index (χ0n) is 13.4. The molecule has 0 spiro atoms. The minimum absolute atomic E-state index is 0.0163. The lowest BCUT2D eigenvalue weighted by molar-refractivity contribution is -0.137. The Labute approximate surface area is 145 Å². The highest BCUT2D eigenvalue weighted by Crippen LogP contribution is 2.34. The van der Waals surface area contributed by atoms with Gasteiger partial charge < -0.3 is 14.7 Å². The lowest BCUT2D eigenvalue weighted by Gasteiger charge is -2.18. The number of hydrogen-bond donors (Lipinski definition) is 2. The van der Waals surface area contributed by atoms with Crippen molar-refractivity contribution >= 4 is 22.5 Å². The van der Waals surface area contributed by atoms with Gasteiger partial charge in [0.15, 0.2) is 5.13 Å². The first-order valence-electron chi connectivity index (χ1n) is 7.16. The molecule has 0 saturated carbocycles. The molecule has 1 atom stereocenters. The summed E-state index contributed by atoms with van der Waals surface area (Å²) in [6.07, 6.45) is -3.83. The van der Waals surface area contributed by atoms with Gasteiger partial charge in [0.1, 0.15) is 5.75 Å². The highest BCUT2D eigenvalue weighted by molar-refractivity contribution is 7.17. The van der Waals surface area contributed by atoms with Crippen molar-refractivity contribution in [1.29, 1.82) is 0 Å². The number of carbonyl (C=O) groups is 1. The van der Waals surface area contributed by atoms with E-state index in [9.17, 15) is 23.1 Å². The van der Waals surface area contributed by atoms with E-state index in [1.807, 2.05) is 0 Å². The summed E-state index contributed by atoms with van der Waals surface area (Å²) in [5.41, 5.74) is -0.817. The topological polar surface area (TPSA) is 74.7 Å². The van der Waals surface area contributed by atoms with Crippen LogP contribution in [0.3, 0.4) is 0 Å². The molecule has 2 aromatic rings. The van der Waals surface area contributed by atoms with Gasteiger partial charge in [0.05, 0.1) is 17.9 Å². The van der Waals surface area contributed by atoms with Crippen LogP contribution in [0.25, 0.3) is 0 Å². The third-order valence-electron chi connectivity index (χ3n) is 2.96. The second-order valence-electron chi connectivity index (χ2n) is 5.27. The summed E-state index contributed by atoms with van der Waals surface area (Å²) >= 11 is 0.970. The summed E-state index contributed by atoms with van der Waals surface area (Å²) in [5, 5.41) is 12.2. The third kappa shape index (κ3) is 5.61. The molecule has 2 amide bonds. The lowest BCUT2D eigenvalue weighted by atomic mass is 10.2. The van der Waals surface area contributed by atoms with Crippen LogP contribution >= 0.6 is 11.3 Å². The number of urea groups is 1. The number of alkyl halides is 3. The number of thiazole rings is 1. The fourth-order valence-electron chi connectivity index (χ4n) is 1.88. The molecule has 6 nitrogen and oxygen atoms in total. The third-order valence-corrected chi connectivity index (χ3v) is 3.75. The van der Waals surface area contributed by atoms with E-state index in [1.165, 1.54) is 30.3 Å². The molecule has 136 valence electrons. The summed E-state index contributed by atoms with van der Waals surface area (Å²) in [4.78, 5) is 17.1. The average molecular weight is 375 g/mol. The van der Waals surface area contributed by atoms with E-state index in [-0.39, 0.29) is 22.5 Å². The average Bonchev–Trinajstić information content (AvgIpc) is 2.93. The number of aliphatic hydroxyl groups excluding tert-OH is 1. The zero-order chi connectivity index (χ0) is 18.6. The summed E-state index contributed by atoms with van der Waals surface area (Å²) < 4.78 is 43.4. The van der Waals surface area contributed by atoms with E-state index in [0.29, 0.717) is 0 Å². The number of anilines is 1. The number of carbonyl (C=O) groups excluding carboxylic acids is 1. The number of nitrogens with one attached hydrogen (secondary N) is 1. The van der Waals surface area contributed by atoms with Crippen LogP contribution in [0.4, 0.5) is 23.1 Å². The van der Waals surface area contributed by atoms with Gasteiger partial charge in [-0.1, -0.05) is 17.4 Å². The quantitative estimate of drug-likeness (QED) is 0.834. The van der Waals surface area contributed by atoms with E-state index >= 15 is 0 Å². The highest BCUT2D eigenvalue weighted by atomic mass is 32.1. The molecule has 2 rings (SSSR count). The predicted molar refractivity (Wildman–Crippen MR) is 87.0 cm³/mol. The Morgan fingerprint density at radius 1 is 1.48 bits per heavy atom. The predicted octanol–water partition coefficient (Wildman–Crippen LogP) is 3.80. The van der Waals surface area contributed by atoms with Crippen LogP contribution in [-0.2, 0) is 6.18 Å². The molecular weight excluding hydrogens is 359 g/mol. The van der Waals surface area contributed by atoms with Crippen molar-refractivity contribution in [3.8, 4) is 10.8 Å². The van der Waals surface area contributed by atoms with Crippen LogP contribution in [-0.4, -0.2) is 40.7 Å². The van der Waals surface area contributed by atoms with Crippen molar-refractivity contribution in [3.63, 3.8) is 0 Å². The Morgan fingerprint density at radius 3 is 2.84 bits per heavy atom. The van der Waals surface area contributed by atoms with E-state index < -0.39 is 23.9 Å². The normalized spacial score (nSPS) is 12.6. The van der Waals surface area contributed by atoms with Crippen molar-refractivity contribution in [3.05, 3.63) is 36.0 Å². The fraction of sp³-hybridized carbons (Fsp3) is 0.333. The van der Waals surface area contributed by atoms with Crippen LogP contribution in [0.5, 0.6) is 10.8 Å². The molecule has 1 aromatic carbocycles. The zero-order valence-corrected chi connectivity index (χ0v) is 14.2. The van der Waals surface area contributed by atoms with E-state index in [2.05, 4.69) is 10.3 Å². The summed E-state index contributed by atoms with van der Waals surface area (Å²) in [6.45, 7) is 1.69. The molecule has 2 N–H and O–H groups in total. The first-order chi connectivity index (χ1) is 11.6. The molecule has 0 radical (unpaired) electrons. The first-order valence-corrected chi connectivity index (χ1v) is 7.98. The Hall–Kier alpha value is -2.33. The molecule has 1 aromatic heterocycles. The Morgan fingerprint density at radius 2 is 2.20 bits per heavy atom. The molecule has 0 aliphatic heterocycles. The van der Waals surface area contributed by atoms with Crippen LogP contribution in [0.1, 0.15) is 12.5 Å². The second-order valence-corrected chi connectivity index (χ2v) is 6.26. The number of hydrogen-bond acceptors (Lipinski definition) is 5. The van der Waals surface area contributed by atoms with Gasteiger partial charge in [-0.2, -0.15) is 13.2 Å². The smallest absolute Gasteiger partial charge is 0.416 e. The van der Waals surface area contributed by atoms with Gasteiger partial charge in [-0.25, -0.2) is 9.78 Å². The maximum Gasteiger partial charge on any atom is 0.416 e. The molecule has 25 heavy (non-hydrogen) atoms. The van der Waals surface area contributed by atoms with Crippen molar-refractivity contribution in [1.82, 2.24) is 9.88 Å². The van der Waals surface area contributed by atoms with Crippen molar-refractivity contribution in [2.24, 2.45) is 0 Å². The van der Waals surface area contributed by atoms with Gasteiger partial charge in [0, 0.05) is 13.6 Å². The van der Waals surface area contributed by atoms with Crippen LogP contribution in [0, 0.1) is 0 Å². The number of amides is 2. The molecule has 0 fully saturated rings. The molecule has 0 aliphatic carbocycles. The molecule has 10 heteroatoms. The van der Waals surface area contributed by atoms with Gasteiger partial charge in [-0.3, -0.25) is 5.32 Å². The molecule has 0 unspecified atom stereocenters. The number of benzene rings is 1. The van der Waals surface area contributed by atoms with Crippen LogP contribution in [0.15, 0.2) is 30.5 Å². The van der Waals surface area contributed by atoms with Crippen LogP contribution in [0.2, 0.25) is 0 Å². The summed E-state index contributed by atoms with van der Waals surface area (Å²) in [6, 6.07) is 3.99. The molecule has 1 heterocycles. The highest BCUT2D eigenvalue weighted by Gasteiger charge is 2.30. The number of likely N-dealkylation sites (N-methyl/N-ethyl adjacent to an activating group) is 1. The largest absolute Gasteiger partial charge is 0.445 e. The second kappa shape index (κ2) is 7.70. The van der Waals surface area contributed by atoms with E-state index in [1.54, 1.807) is 6.92 Å². The number of halogens is 3. The summed E-state index contributed by atoms with van der Waals surface area (Å²) in [5.74, 6) is 0.0163. The number of nitrogens with zero attached hydrogens (tertiary/aromatic N) is 2.